The third kappa shape index (κ3) is 4.72. The lowest BCUT2D eigenvalue weighted by Crippen LogP contribution is -2.50. The Morgan fingerprint density at radius 2 is 2.05 bits per heavy atom. The molecule has 0 fully saturated rings. The fourth-order valence-electron chi connectivity index (χ4n) is 2.29. The molecule has 1 unspecified atom stereocenters. The number of hydrogen-bond donors (Lipinski definition) is 1. The van der Waals surface area contributed by atoms with Crippen LogP contribution in [-0.4, -0.2) is 24.8 Å². The molecule has 0 radical (unpaired) electrons. The van der Waals surface area contributed by atoms with E-state index in [1.165, 1.54) is 6.07 Å². The summed E-state index contributed by atoms with van der Waals surface area (Å²) in [6.45, 7) is 9.62. The van der Waals surface area contributed by atoms with E-state index in [2.05, 4.69) is 12.2 Å². The van der Waals surface area contributed by atoms with Gasteiger partial charge in [-0.2, -0.15) is 0 Å². The molecule has 0 aliphatic heterocycles. The Labute approximate surface area is 126 Å². The van der Waals surface area contributed by atoms with E-state index in [1.807, 2.05) is 20.8 Å². The van der Waals surface area contributed by atoms with Crippen molar-refractivity contribution in [2.75, 3.05) is 13.2 Å². The van der Waals surface area contributed by atoms with Gasteiger partial charge in [-0.15, -0.1) is 0 Å². The van der Waals surface area contributed by atoms with E-state index in [0.29, 0.717) is 23.6 Å². The number of nitrogens with one attached hydrogen (secondary N) is 1. The van der Waals surface area contributed by atoms with Crippen molar-refractivity contribution in [2.24, 2.45) is 0 Å². The minimum absolute atomic E-state index is 0.0109. The van der Waals surface area contributed by atoms with Crippen LogP contribution in [0.25, 0.3) is 0 Å². The Morgan fingerprint density at radius 1 is 1.35 bits per heavy atom. The van der Waals surface area contributed by atoms with Crippen LogP contribution in [0.2, 0.25) is 5.02 Å². The van der Waals surface area contributed by atoms with Gasteiger partial charge in [0.05, 0.1) is 5.60 Å². The quantitative estimate of drug-likeness (QED) is 0.777. The zero-order valence-electron chi connectivity index (χ0n) is 12.8. The maximum atomic E-state index is 14.0. The Hall–Kier alpha value is -0.640. The van der Waals surface area contributed by atoms with E-state index in [0.717, 1.165) is 13.0 Å². The molecule has 0 bridgehead atoms. The van der Waals surface area contributed by atoms with Gasteiger partial charge in [0.2, 0.25) is 0 Å². The van der Waals surface area contributed by atoms with Gasteiger partial charge in [-0.25, -0.2) is 4.39 Å². The molecule has 0 aliphatic carbocycles. The molecular weight excluding hydrogens is 277 g/mol. The van der Waals surface area contributed by atoms with Gasteiger partial charge in [0.25, 0.3) is 0 Å². The van der Waals surface area contributed by atoms with Crippen LogP contribution in [0.15, 0.2) is 18.2 Å². The highest BCUT2D eigenvalue weighted by Gasteiger charge is 2.30. The molecule has 2 nitrogen and oxygen atoms in total. The van der Waals surface area contributed by atoms with Crippen molar-refractivity contribution in [1.29, 1.82) is 0 Å². The number of hydrogen-bond acceptors (Lipinski definition) is 2. The minimum atomic E-state index is -0.379. The molecule has 0 saturated heterocycles. The van der Waals surface area contributed by atoms with Crippen LogP contribution in [0, 0.1) is 5.82 Å². The first-order valence-corrected chi connectivity index (χ1v) is 7.60. The lowest BCUT2D eigenvalue weighted by atomic mass is 9.91. The van der Waals surface area contributed by atoms with Crippen molar-refractivity contribution in [3.8, 4) is 0 Å². The summed E-state index contributed by atoms with van der Waals surface area (Å²) in [5, 5.41) is 3.92. The topological polar surface area (TPSA) is 21.3 Å². The molecule has 1 aromatic rings. The fourth-order valence-corrected chi connectivity index (χ4v) is 2.53. The van der Waals surface area contributed by atoms with Crippen molar-refractivity contribution in [1.82, 2.24) is 5.32 Å². The molecule has 20 heavy (non-hydrogen) atoms. The molecule has 114 valence electrons. The molecule has 0 aliphatic rings. The number of rotatable bonds is 8. The summed E-state index contributed by atoms with van der Waals surface area (Å²) in [6.07, 6.45) is 1.53. The number of halogens is 2. The van der Waals surface area contributed by atoms with Crippen LogP contribution < -0.4 is 5.32 Å². The average molecular weight is 302 g/mol. The smallest absolute Gasteiger partial charge is 0.127 e. The predicted molar refractivity (Wildman–Crippen MR) is 82.9 cm³/mol. The van der Waals surface area contributed by atoms with Gasteiger partial charge in [0.1, 0.15) is 5.82 Å². The summed E-state index contributed by atoms with van der Waals surface area (Å²) >= 11 is 6.13. The Balaban J connectivity index is 2.94. The summed E-state index contributed by atoms with van der Waals surface area (Å²) in [5.74, 6) is -0.256. The van der Waals surface area contributed by atoms with Crippen LogP contribution in [0.1, 0.15) is 39.7 Å². The van der Waals surface area contributed by atoms with Crippen LogP contribution in [0.4, 0.5) is 4.39 Å². The van der Waals surface area contributed by atoms with E-state index in [-0.39, 0.29) is 17.5 Å². The lowest BCUT2D eigenvalue weighted by molar-refractivity contribution is -0.0381. The maximum absolute atomic E-state index is 14.0. The maximum Gasteiger partial charge on any atom is 0.127 e. The highest BCUT2D eigenvalue weighted by molar-refractivity contribution is 6.31. The van der Waals surface area contributed by atoms with Gasteiger partial charge in [0, 0.05) is 23.2 Å². The average Bonchev–Trinajstić information content (AvgIpc) is 2.37. The van der Waals surface area contributed by atoms with E-state index in [9.17, 15) is 4.39 Å². The van der Waals surface area contributed by atoms with Crippen molar-refractivity contribution in [3.63, 3.8) is 0 Å². The predicted octanol–water partition coefficient (Wildman–Crippen LogP) is 4.20. The normalized spacial score (nSPS) is 13.5. The summed E-state index contributed by atoms with van der Waals surface area (Å²) in [7, 11) is 0. The molecule has 0 spiro atoms. The van der Waals surface area contributed by atoms with Crippen molar-refractivity contribution >= 4 is 11.6 Å². The largest absolute Gasteiger partial charge is 0.374 e. The van der Waals surface area contributed by atoms with E-state index in [4.69, 9.17) is 16.3 Å². The third-order valence-corrected chi connectivity index (χ3v) is 3.82. The van der Waals surface area contributed by atoms with Gasteiger partial charge in [-0.05, 0) is 52.3 Å². The number of benzene rings is 1. The summed E-state index contributed by atoms with van der Waals surface area (Å²) < 4.78 is 19.8. The first kappa shape index (κ1) is 17.4. The summed E-state index contributed by atoms with van der Waals surface area (Å²) in [5.41, 5.74) is 0.172. The van der Waals surface area contributed by atoms with Crippen molar-refractivity contribution in [3.05, 3.63) is 34.6 Å². The second kappa shape index (κ2) is 7.96. The zero-order chi connectivity index (χ0) is 15.2. The molecule has 1 aromatic carbocycles. The standard InChI is InChI=1S/C16H25ClFNO/c1-5-10-19-15(16(3,4)20-6-2)11-12-13(17)8-7-9-14(12)18/h7-9,15,19H,5-6,10-11H2,1-4H3. The number of ether oxygens (including phenoxy) is 1. The lowest BCUT2D eigenvalue weighted by Gasteiger charge is -2.35. The van der Waals surface area contributed by atoms with Crippen molar-refractivity contribution in [2.45, 2.75) is 52.2 Å². The Kier molecular flexibility index (Phi) is 6.93. The fraction of sp³-hybridized carbons (Fsp3) is 0.625. The van der Waals surface area contributed by atoms with E-state index >= 15 is 0 Å². The van der Waals surface area contributed by atoms with E-state index in [1.54, 1.807) is 12.1 Å². The van der Waals surface area contributed by atoms with Gasteiger partial charge in [-0.1, -0.05) is 24.6 Å². The van der Waals surface area contributed by atoms with Crippen molar-refractivity contribution < 1.29 is 9.13 Å². The van der Waals surface area contributed by atoms with Crippen LogP contribution >= 0.6 is 11.6 Å². The van der Waals surface area contributed by atoms with Gasteiger partial charge >= 0.3 is 0 Å². The van der Waals surface area contributed by atoms with Gasteiger partial charge in [0.15, 0.2) is 0 Å². The molecule has 0 aromatic heterocycles. The second-order valence-corrected chi connectivity index (χ2v) is 5.85. The first-order chi connectivity index (χ1) is 9.42. The van der Waals surface area contributed by atoms with Crippen LogP contribution in [0.5, 0.6) is 0 Å². The molecule has 1 rings (SSSR count). The Bertz CT molecular complexity index is 403. The van der Waals surface area contributed by atoms with Gasteiger partial charge < -0.3 is 10.1 Å². The first-order valence-electron chi connectivity index (χ1n) is 7.22. The van der Waals surface area contributed by atoms with E-state index < -0.39 is 0 Å². The third-order valence-electron chi connectivity index (χ3n) is 3.47. The van der Waals surface area contributed by atoms with Gasteiger partial charge in [-0.3, -0.25) is 0 Å². The Morgan fingerprint density at radius 3 is 2.60 bits per heavy atom. The summed E-state index contributed by atoms with van der Waals surface area (Å²) in [6, 6.07) is 4.82. The van der Waals surface area contributed by atoms with Crippen LogP contribution in [-0.2, 0) is 11.2 Å². The molecule has 4 heteroatoms. The van der Waals surface area contributed by atoms with Crippen LogP contribution in [0.3, 0.4) is 0 Å². The SMILES string of the molecule is CCCNC(Cc1c(F)cccc1Cl)C(C)(C)OCC. The second-order valence-electron chi connectivity index (χ2n) is 5.45. The summed E-state index contributed by atoms with van der Waals surface area (Å²) in [4.78, 5) is 0. The monoisotopic (exact) mass is 301 g/mol. The minimum Gasteiger partial charge on any atom is -0.374 e. The molecule has 0 amide bonds. The molecule has 1 atom stereocenters. The molecule has 1 N–H and O–H groups in total. The highest BCUT2D eigenvalue weighted by Crippen LogP contribution is 2.25. The zero-order valence-corrected chi connectivity index (χ0v) is 13.6. The molecular formula is C16H25ClFNO. The molecule has 0 saturated carbocycles. The highest BCUT2D eigenvalue weighted by atomic mass is 35.5. The molecule has 0 heterocycles.